The number of nitrogens with zero attached hydrogens (tertiary/aromatic N) is 2. The van der Waals surface area contributed by atoms with Crippen LogP contribution in [0.5, 0.6) is 0 Å². The van der Waals surface area contributed by atoms with Gasteiger partial charge in [0.1, 0.15) is 5.60 Å². The summed E-state index contributed by atoms with van der Waals surface area (Å²) in [6, 6.07) is 0. The molecule has 1 fully saturated rings. The minimum atomic E-state index is -0.335. The van der Waals surface area contributed by atoms with Gasteiger partial charge in [0.05, 0.1) is 0 Å². The van der Waals surface area contributed by atoms with Crippen LogP contribution in [0.1, 0.15) is 25.6 Å². The third kappa shape index (κ3) is 2.18. The summed E-state index contributed by atoms with van der Waals surface area (Å²) in [5, 5.41) is 3.84. The lowest BCUT2D eigenvalue weighted by Gasteiger charge is -2.34. The highest BCUT2D eigenvalue weighted by Crippen LogP contribution is 2.35. The van der Waals surface area contributed by atoms with Crippen LogP contribution in [0.3, 0.4) is 0 Å². The van der Waals surface area contributed by atoms with Gasteiger partial charge in [0.2, 0.25) is 5.13 Å². The molecular weight excluding hydrogens is 226 g/mol. The van der Waals surface area contributed by atoms with E-state index in [1.54, 1.807) is 0 Å². The van der Waals surface area contributed by atoms with Crippen molar-refractivity contribution in [2.75, 3.05) is 32.2 Å². The van der Waals surface area contributed by atoms with E-state index >= 15 is 0 Å². The Labute approximate surface area is 99.3 Å². The van der Waals surface area contributed by atoms with Crippen LogP contribution in [0.15, 0.2) is 0 Å². The summed E-state index contributed by atoms with van der Waals surface area (Å²) in [5.41, 5.74) is -0.335. The normalized spacial score (nSPS) is 19.6. The maximum Gasteiger partial charge on any atom is 0.202 e. The van der Waals surface area contributed by atoms with Crippen LogP contribution in [0.4, 0.5) is 5.13 Å². The van der Waals surface area contributed by atoms with E-state index in [1.165, 1.54) is 11.5 Å². The van der Waals surface area contributed by atoms with E-state index < -0.39 is 0 Å². The third-order valence-corrected chi connectivity index (χ3v) is 3.50. The van der Waals surface area contributed by atoms with E-state index in [1.807, 2.05) is 14.0 Å². The van der Waals surface area contributed by atoms with Crippen LogP contribution < -0.4 is 5.32 Å². The average molecular weight is 243 g/mol. The Kier molecular flexibility index (Phi) is 3.73. The van der Waals surface area contributed by atoms with Gasteiger partial charge in [0.25, 0.3) is 0 Å². The predicted octanol–water partition coefficient (Wildman–Crippen LogP) is 1.62. The molecule has 0 atom stereocenters. The highest BCUT2D eigenvalue weighted by Gasteiger charge is 2.39. The first-order valence-corrected chi connectivity index (χ1v) is 6.32. The van der Waals surface area contributed by atoms with E-state index in [9.17, 15) is 0 Å². The molecule has 0 unspecified atom stereocenters. The molecular formula is C10H17N3O2S. The molecule has 0 amide bonds. The van der Waals surface area contributed by atoms with Crippen LogP contribution in [-0.4, -0.2) is 36.2 Å². The van der Waals surface area contributed by atoms with Crippen LogP contribution in [0, 0.1) is 0 Å². The van der Waals surface area contributed by atoms with E-state index in [0.29, 0.717) is 19.8 Å². The van der Waals surface area contributed by atoms with E-state index in [0.717, 1.165) is 23.8 Å². The molecule has 0 spiro atoms. The summed E-state index contributed by atoms with van der Waals surface area (Å²) in [6.07, 6.45) is 1.67. The second-order valence-corrected chi connectivity index (χ2v) is 4.46. The Balaban J connectivity index is 2.23. The molecule has 1 aliphatic heterocycles. The number of anilines is 1. The molecule has 2 rings (SSSR count). The van der Waals surface area contributed by atoms with Crippen molar-refractivity contribution < 1.29 is 9.47 Å². The van der Waals surface area contributed by atoms with Gasteiger partial charge in [-0.3, -0.25) is 0 Å². The van der Waals surface area contributed by atoms with Crippen LogP contribution >= 0.6 is 11.5 Å². The van der Waals surface area contributed by atoms with Crippen LogP contribution in [0.2, 0.25) is 0 Å². The smallest absolute Gasteiger partial charge is 0.202 e. The Morgan fingerprint density at radius 2 is 2.25 bits per heavy atom. The lowest BCUT2D eigenvalue weighted by molar-refractivity contribution is -0.117. The van der Waals surface area contributed by atoms with E-state index in [2.05, 4.69) is 14.7 Å². The zero-order valence-corrected chi connectivity index (χ0v) is 10.5. The second kappa shape index (κ2) is 5.07. The van der Waals surface area contributed by atoms with Gasteiger partial charge in [-0.2, -0.15) is 4.37 Å². The molecule has 5 nitrogen and oxygen atoms in total. The number of hydrogen-bond acceptors (Lipinski definition) is 6. The lowest BCUT2D eigenvalue weighted by Crippen LogP contribution is -2.37. The topological polar surface area (TPSA) is 56.3 Å². The van der Waals surface area contributed by atoms with Gasteiger partial charge in [0, 0.05) is 51.2 Å². The van der Waals surface area contributed by atoms with E-state index in [-0.39, 0.29) is 5.60 Å². The van der Waals surface area contributed by atoms with Crippen molar-refractivity contribution in [3.63, 3.8) is 0 Å². The third-order valence-electron chi connectivity index (χ3n) is 2.77. The highest BCUT2D eigenvalue weighted by molar-refractivity contribution is 7.09. The predicted molar refractivity (Wildman–Crippen MR) is 62.8 cm³/mol. The maximum atomic E-state index is 5.89. The number of nitrogens with one attached hydrogen (secondary N) is 1. The van der Waals surface area contributed by atoms with Gasteiger partial charge in [-0.05, 0) is 6.92 Å². The molecule has 0 radical (unpaired) electrons. The summed E-state index contributed by atoms with van der Waals surface area (Å²) in [5.74, 6) is 0.798. The molecule has 0 saturated carbocycles. The summed E-state index contributed by atoms with van der Waals surface area (Å²) in [4.78, 5) is 4.46. The Hall–Kier alpha value is -0.720. The lowest BCUT2D eigenvalue weighted by atomic mass is 9.93. The average Bonchev–Trinajstić information content (AvgIpc) is 2.80. The fraction of sp³-hybridized carbons (Fsp3) is 0.800. The molecule has 1 aromatic heterocycles. The van der Waals surface area contributed by atoms with Gasteiger partial charge < -0.3 is 14.8 Å². The number of hydrogen-bond donors (Lipinski definition) is 1. The number of aromatic nitrogens is 2. The fourth-order valence-electron chi connectivity index (χ4n) is 1.92. The minimum Gasteiger partial charge on any atom is -0.381 e. The Bertz CT molecular complexity index is 331. The van der Waals surface area contributed by atoms with Crippen LogP contribution in [0.25, 0.3) is 0 Å². The van der Waals surface area contributed by atoms with Crippen molar-refractivity contribution in [3.8, 4) is 0 Å². The first-order valence-electron chi connectivity index (χ1n) is 5.54. The van der Waals surface area contributed by atoms with E-state index in [4.69, 9.17) is 9.47 Å². The van der Waals surface area contributed by atoms with Gasteiger partial charge in [-0.25, -0.2) is 4.98 Å². The first kappa shape index (κ1) is 11.8. The van der Waals surface area contributed by atoms with Crippen molar-refractivity contribution in [2.45, 2.75) is 25.4 Å². The van der Waals surface area contributed by atoms with Crippen molar-refractivity contribution in [2.24, 2.45) is 0 Å². The molecule has 0 aromatic carbocycles. The molecule has 90 valence electrons. The molecule has 1 aliphatic rings. The molecule has 0 bridgehead atoms. The molecule has 2 heterocycles. The van der Waals surface area contributed by atoms with Gasteiger partial charge in [0.15, 0.2) is 5.82 Å². The van der Waals surface area contributed by atoms with Crippen LogP contribution in [-0.2, 0) is 15.1 Å². The van der Waals surface area contributed by atoms with Gasteiger partial charge in [-0.1, -0.05) is 0 Å². The number of ether oxygens (including phenoxy) is 2. The second-order valence-electron chi connectivity index (χ2n) is 3.71. The monoisotopic (exact) mass is 243 g/mol. The number of rotatable bonds is 4. The largest absolute Gasteiger partial charge is 0.381 e. The minimum absolute atomic E-state index is 0.335. The summed E-state index contributed by atoms with van der Waals surface area (Å²) in [6.45, 7) is 4.11. The van der Waals surface area contributed by atoms with Crippen molar-refractivity contribution >= 4 is 16.7 Å². The molecule has 1 saturated heterocycles. The van der Waals surface area contributed by atoms with Crippen molar-refractivity contribution in [1.29, 1.82) is 0 Å². The summed E-state index contributed by atoms with van der Waals surface area (Å²) < 4.78 is 15.7. The maximum absolute atomic E-state index is 5.89. The fourth-order valence-corrected chi connectivity index (χ4v) is 2.52. The SMILES string of the molecule is CCOC1(c2nsc(NC)n2)CCOCC1. The quantitative estimate of drug-likeness (QED) is 0.871. The standard InChI is InChI=1S/C10H17N3O2S/c1-3-15-10(4-6-14-7-5-10)8-12-9(11-2)16-13-8/h3-7H2,1-2H3,(H,11,12,13). The Morgan fingerprint density at radius 1 is 1.50 bits per heavy atom. The molecule has 1 N–H and O–H groups in total. The summed E-state index contributed by atoms with van der Waals surface area (Å²) >= 11 is 1.37. The van der Waals surface area contributed by atoms with Crippen molar-refractivity contribution in [1.82, 2.24) is 9.36 Å². The molecule has 0 aliphatic carbocycles. The zero-order chi connectivity index (χ0) is 11.4. The summed E-state index contributed by atoms with van der Waals surface area (Å²) in [7, 11) is 1.85. The highest BCUT2D eigenvalue weighted by atomic mass is 32.1. The van der Waals surface area contributed by atoms with Gasteiger partial charge in [-0.15, -0.1) is 0 Å². The molecule has 16 heavy (non-hydrogen) atoms. The molecule has 6 heteroatoms. The Morgan fingerprint density at radius 3 is 2.81 bits per heavy atom. The zero-order valence-electron chi connectivity index (χ0n) is 9.65. The molecule has 1 aromatic rings. The van der Waals surface area contributed by atoms with Crippen molar-refractivity contribution in [3.05, 3.63) is 5.82 Å². The first-order chi connectivity index (χ1) is 7.80. The van der Waals surface area contributed by atoms with Gasteiger partial charge >= 0.3 is 0 Å².